The van der Waals surface area contributed by atoms with Crippen molar-refractivity contribution in [1.29, 1.82) is 5.41 Å². The van der Waals surface area contributed by atoms with Gasteiger partial charge in [0.1, 0.15) is 5.82 Å². The molecule has 0 atom stereocenters. The van der Waals surface area contributed by atoms with Gasteiger partial charge in [-0.3, -0.25) is 14.5 Å². The van der Waals surface area contributed by atoms with E-state index >= 15 is 0 Å². The number of halogens is 2. The molecule has 202 valence electrons. The monoisotopic (exact) mass is 542 g/mol. The van der Waals surface area contributed by atoms with Crippen molar-refractivity contribution >= 4 is 35.5 Å². The van der Waals surface area contributed by atoms with Gasteiger partial charge in [0.05, 0.1) is 17.7 Å². The van der Waals surface area contributed by atoms with Crippen molar-refractivity contribution in [2.75, 3.05) is 10.2 Å². The van der Waals surface area contributed by atoms with E-state index in [0.717, 1.165) is 12.3 Å². The Hall–Kier alpha value is -5.58. The first-order valence-electron chi connectivity index (χ1n) is 11.9. The highest BCUT2D eigenvalue weighted by Crippen LogP contribution is 2.28. The van der Waals surface area contributed by atoms with Crippen LogP contribution in [-0.2, 0) is 9.59 Å². The summed E-state index contributed by atoms with van der Waals surface area (Å²) in [4.78, 5) is 32.2. The highest BCUT2D eigenvalue weighted by molar-refractivity contribution is 6.03. The normalized spacial score (nSPS) is 14.3. The largest absolute Gasteiger partial charge is 0.452 e. The second kappa shape index (κ2) is 12.8. The molecule has 0 fully saturated rings. The number of anilines is 2. The molecule has 4 N–H and O–H groups in total. The summed E-state index contributed by atoms with van der Waals surface area (Å²) in [6.07, 6.45) is 14.1. The van der Waals surface area contributed by atoms with Gasteiger partial charge in [-0.05, 0) is 61.5 Å². The van der Waals surface area contributed by atoms with Crippen LogP contribution in [0.3, 0.4) is 0 Å². The number of imidazole rings is 1. The number of nitrogens with one attached hydrogen (secondary N) is 4. The SMILES string of the molecule is C/C(=C\C=C/N(C=O)c1ccc(F)cc1)C(=O)Nc1ccc(OC2=CC(c3c[nH]cn3)=CN/C2=C\C=N)c(F)c1. The Labute approximate surface area is 228 Å². The Balaban J connectivity index is 1.43. The molecular weight excluding hydrogens is 518 g/mol. The molecule has 3 aromatic rings. The number of hydrogen-bond acceptors (Lipinski definition) is 6. The first-order chi connectivity index (χ1) is 19.4. The molecule has 4 rings (SSSR count). The van der Waals surface area contributed by atoms with Gasteiger partial charge >= 0.3 is 0 Å². The summed E-state index contributed by atoms with van der Waals surface area (Å²) in [5.74, 6) is -1.44. The number of ether oxygens (including phenoxy) is 1. The number of H-pyrrole nitrogens is 1. The third kappa shape index (κ3) is 6.84. The third-order valence-corrected chi connectivity index (χ3v) is 5.58. The van der Waals surface area contributed by atoms with Crippen LogP contribution in [0.5, 0.6) is 5.75 Å². The first-order valence-corrected chi connectivity index (χ1v) is 11.9. The molecule has 0 saturated heterocycles. The van der Waals surface area contributed by atoms with E-state index in [1.54, 1.807) is 25.4 Å². The maximum Gasteiger partial charge on any atom is 0.251 e. The molecule has 11 heteroatoms. The molecule has 2 aromatic carbocycles. The molecule has 2 heterocycles. The number of benzene rings is 2. The lowest BCUT2D eigenvalue weighted by Crippen LogP contribution is -2.17. The number of amides is 2. The van der Waals surface area contributed by atoms with Crippen LogP contribution in [0.1, 0.15) is 12.6 Å². The third-order valence-electron chi connectivity index (χ3n) is 5.58. The van der Waals surface area contributed by atoms with Crippen molar-refractivity contribution in [3.05, 3.63) is 126 Å². The molecule has 2 amide bonds. The predicted octanol–water partition coefficient (Wildman–Crippen LogP) is 5.19. The van der Waals surface area contributed by atoms with Gasteiger partial charge in [0, 0.05) is 53.4 Å². The van der Waals surface area contributed by atoms with Gasteiger partial charge in [-0.1, -0.05) is 6.08 Å². The minimum Gasteiger partial charge on any atom is -0.452 e. The molecule has 1 aliphatic heterocycles. The summed E-state index contributed by atoms with van der Waals surface area (Å²) in [5, 5.41) is 13.0. The molecule has 0 saturated carbocycles. The Bertz CT molecular complexity index is 1550. The van der Waals surface area contributed by atoms with E-state index in [4.69, 9.17) is 10.1 Å². The van der Waals surface area contributed by atoms with E-state index < -0.39 is 17.5 Å². The van der Waals surface area contributed by atoms with Gasteiger partial charge in [-0.2, -0.15) is 0 Å². The van der Waals surface area contributed by atoms with E-state index in [9.17, 15) is 18.4 Å². The summed E-state index contributed by atoms with van der Waals surface area (Å²) < 4.78 is 33.9. The molecule has 1 aromatic heterocycles. The number of dihydropyridines is 1. The van der Waals surface area contributed by atoms with Gasteiger partial charge < -0.3 is 25.8 Å². The second-order valence-electron chi connectivity index (χ2n) is 8.34. The number of rotatable bonds is 10. The van der Waals surface area contributed by atoms with Crippen molar-refractivity contribution in [2.24, 2.45) is 0 Å². The summed E-state index contributed by atoms with van der Waals surface area (Å²) in [7, 11) is 0. The van der Waals surface area contributed by atoms with Crippen LogP contribution in [-0.4, -0.2) is 28.5 Å². The van der Waals surface area contributed by atoms with Crippen LogP contribution in [0, 0.1) is 17.0 Å². The quantitative estimate of drug-likeness (QED) is 0.122. The van der Waals surface area contributed by atoms with E-state index in [0.29, 0.717) is 34.6 Å². The fourth-order valence-corrected chi connectivity index (χ4v) is 3.51. The minimum atomic E-state index is -0.716. The van der Waals surface area contributed by atoms with Crippen LogP contribution in [0.25, 0.3) is 5.57 Å². The number of nitrogens with zero attached hydrogens (tertiary/aromatic N) is 2. The lowest BCUT2D eigenvalue weighted by molar-refractivity contribution is -0.112. The molecular formula is C29H24F2N6O3. The van der Waals surface area contributed by atoms with Crippen LogP contribution in [0.2, 0.25) is 0 Å². The standard InChI is InChI=1S/C29H24F2N6O3/c1-19(3-2-12-37(18-38)23-7-4-21(30)5-8-23)29(39)36-22-6-9-27(24(31)14-22)40-28-13-20(26-16-33-17-35-26)15-34-25(28)10-11-32/h2-18,32,34H,1H3,(H,33,35)(H,36,39)/b12-2-,19-3+,25-10-,32-11?. The average molecular weight is 543 g/mol. The zero-order valence-electron chi connectivity index (χ0n) is 21.2. The maximum atomic E-state index is 14.9. The number of hydrogen-bond donors (Lipinski definition) is 4. The van der Waals surface area contributed by atoms with E-state index in [1.807, 2.05) is 0 Å². The summed E-state index contributed by atoms with van der Waals surface area (Å²) in [5.41, 5.74) is 2.73. The smallest absolute Gasteiger partial charge is 0.251 e. The average Bonchev–Trinajstić information content (AvgIpc) is 3.49. The van der Waals surface area contributed by atoms with Crippen molar-refractivity contribution < 1.29 is 23.1 Å². The van der Waals surface area contributed by atoms with E-state index in [2.05, 4.69) is 20.6 Å². The van der Waals surface area contributed by atoms with Gasteiger partial charge in [-0.15, -0.1) is 0 Å². The summed E-state index contributed by atoms with van der Waals surface area (Å²) in [6.45, 7) is 1.56. The van der Waals surface area contributed by atoms with E-state index in [1.165, 1.54) is 72.1 Å². The van der Waals surface area contributed by atoms with Crippen molar-refractivity contribution in [3.63, 3.8) is 0 Å². The highest BCUT2D eigenvalue weighted by atomic mass is 19.1. The Morgan fingerprint density at radius 2 is 1.98 bits per heavy atom. The van der Waals surface area contributed by atoms with Crippen LogP contribution >= 0.6 is 0 Å². The van der Waals surface area contributed by atoms with Gasteiger partial charge in [0.25, 0.3) is 5.91 Å². The van der Waals surface area contributed by atoms with Crippen LogP contribution in [0.15, 0.2) is 109 Å². The van der Waals surface area contributed by atoms with Crippen molar-refractivity contribution in [2.45, 2.75) is 6.92 Å². The molecule has 0 aliphatic carbocycles. The fourth-order valence-electron chi connectivity index (χ4n) is 3.51. The van der Waals surface area contributed by atoms with Gasteiger partial charge in [0.15, 0.2) is 17.3 Å². The molecule has 0 unspecified atom stereocenters. The van der Waals surface area contributed by atoms with Crippen LogP contribution < -0.4 is 20.3 Å². The molecule has 0 radical (unpaired) electrons. The summed E-state index contributed by atoms with van der Waals surface area (Å²) in [6, 6.07) is 9.34. The summed E-state index contributed by atoms with van der Waals surface area (Å²) >= 11 is 0. The first kappa shape index (κ1) is 27.5. The lowest BCUT2D eigenvalue weighted by Gasteiger charge is -2.19. The lowest BCUT2D eigenvalue weighted by atomic mass is 10.1. The number of aromatic nitrogens is 2. The molecule has 9 nitrogen and oxygen atoms in total. The Morgan fingerprint density at radius 3 is 2.65 bits per heavy atom. The second-order valence-corrected chi connectivity index (χ2v) is 8.34. The maximum absolute atomic E-state index is 14.9. The molecule has 1 aliphatic rings. The minimum absolute atomic E-state index is 0.0878. The van der Waals surface area contributed by atoms with E-state index in [-0.39, 0.29) is 17.2 Å². The number of aromatic amines is 1. The highest BCUT2D eigenvalue weighted by Gasteiger charge is 2.17. The number of carbonyl (C=O) groups is 2. The Morgan fingerprint density at radius 1 is 1.18 bits per heavy atom. The fraction of sp³-hybridized carbons (Fsp3) is 0.0345. The zero-order valence-corrected chi connectivity index (χ0v) is 21.2. The predicted molar refractivity (Wildman–Crippen MR) is 148 cm³/mol. The number of carbonyl (C=O) groups excluding carboxylic acids is 2. The molecule has 0 bridgehead atoms. The number of allylic oxidation sites excluding steroid dienone is 5. The van der Waals surface area contributed by atoms with Gasteiger partial charge in [-0.25, -0.2) is 13.8 Å². The molecule has 0 spiro atoms. The topological polar surface area (TPSA) is 123 Å². The van der Waals surface area contributed by atoms with Gasteiger partial charge in [0.2, 0.25) is 6.41 Å². The molecule has 40 heavy (non-hydrogen) atoms. The van der Waals surface area contributed by atoms with Crippen LogP contribution in [0.4, 0.5) is 20.2 Å². The Kier molecular flexibility index (Phi) is 8.77. The van der Waals surface area contributed by atoms with Crippen molar-refractivity contribution in [1.82, 2.24) is 15.3 Å². The van der Waals surface area contributed by atoms with Crippen molar-refractivity contribution in [3.8, 4) is 5.75 Å². The zero-order chi connectivity index (χ0) is 28.5.